The van der Waals surface area contributed by atoms with Gasteiger partial charge < -0.3 is 10.8 Å². The number of hydrogen-bond donors (Lipinski definition) is 2. The molecule has 0 bridgehead atoms. The van der Waals surface area contributed by atoms with Crippen molar-refractivity contribution in [3.8, 4) is 11.1 Å². The van der Waals surface area contributed by atoms with Crippen molar-refractivity contribution in [2.45, 2.75) is 12.5 Å². The second-order valence-electron chi connectivity index (χ2n) is 4.87. The first-order valence-corrected chi connectivity index (χ1v) is 7.33. The predicted molar refractivity (Wildman–Crippen MR) is 79.6 cm³/mol. The highest BCUT2D eigenvalue weighted by Gasteiger charge is 2.21. The van der Waals surface area contributed by atoms with E-state index >= 15 is 0 Å². The Morgan fingerprint density at radius 3 is 3.00 bits per heavy atom. The molecule has 0 unspecified atom stereocenters. The second-order valence-corrected chi connectivity index (χ2v) is 5.65. The van der Waals surface area contributed by atoms with Crippen LogP contribution in [0.5, 0.6) is 0 Å². The first-order valence-electron chi connectivity index (χ1n) is 6.39. The smallest absolute Gasteiger partial charge is 0.350 e. The molecule has 5 nitrogen and oxygen atoms in total. The van der Waals surface area contributed by atoms with Crippen LogP contribution in [0, 0.1) is 5.92 Å². The van der Waals surface area contributed by atoms with Crippen LogP contribution in [0.25, 0.3) is 11.1 Å². The molecule has 104 valence electrons. The first-order chi connectivity index (χ1) is 9.69. The Morgan fingerprint density at radius 1 is 1.50 bits per heavy atom. The third-order valence-electron chi connectivity index (χ3n) is 3.55. The zero-order valence-corrected chi connectivity index (χ0v) is 11.6. The minimum atomic E-state index is -0.352. The molecular weight excluding hydrogens is 274 g/mol. The molecule has 3 N–H and O–H groups in total. The van der Waals surface area contributed by atoms with Gasteiger partial charge in [0, 0.05) is 24.3 Å². The van der Waals surface area contributed by atoms with Crippen molar-refractivity contribution < 1.29 is 5.11 Å². The van der Waals surface area contributed by atoms with Crippen LogP contribution in [-0.2, 0) is 0 Å². The van der Waals surface area contributed by atoms with E-state index < -0.39 is 0 Å². The summed E-state index contributed by atoms with van der Waals surface area (Å²) in [6, 6.07) is 1.89. The lowest BCUT2D eigenvalue weighted by molar-refractivity contribution is 0.243. The normalized spacial score (nSPS) is 21.4. The molecule has 20 heavy (non-hydrogen) atoms. The molecule has 1 aliphatic rings. The summed E-state index contributed by atoms with van der Waals surface area (Å²) in [6.45, 7) is 0.0987. The van der Waals surface area contributed by atoms with Gasteiger partial charge in [-0.05, 0) is 28.8 Å². The molecule has 0 saturated carbocycles. The first kappa shape index (κ1) is 13.1. The molecule has 0 radical (unpaired) electrons. The number of nitrogens with two attached hydrogens (primary N) is 1. The number of hydrogen-bond acceptors (Lipinski definition) is 5. The van der Waals surface area contributed by atoms with Gasteiger partial charge in [-0.3, -0.25) is 4.57 Å². The summed E-state index contributed by atoms with van der Waals surface area (Å²) in [7, 11) is 0. The summed E-state index contributed by atoms with van der Waals surface area (Å²) in [5.41, 5.74) is 7.24. The number of aromatic nitrogens is 2. The van der Waals surface area contributed by atoms with Crippen LogP contribution >= 0.6 is 11.3 Å². The third-order valence-corrected chi connectivity index (χ3v) is 4.24. The number of nitrogen functional groups attached to an aromatic ring is 1. The molecule has 2 heterocycles. The number of nitrogens with zero attached hydrogens (tertiary/aromatic N) is 2. The number of anilines is 1. The number of allylic oxidation sites excluding steroid dienone is 1. The highest BCUT2D eigenvalue weighted by atomic mass is 32.1. The molecule has 0 aliphatic heterocycles. The maximum Gasteiger partial charge on any atom is 0.350 e. The van der Waals surface area contributed by atoms with Crippen molar-refractivity contribution >= 4 is 17.2 Å². The Morgan fingerprint density at radius 2 is 2.35 bits per heavy atom. The fourth-order valence-corrected chi connectivity index (χ4v) is 3.11. The molecule has 1 aliphatic carbocycles. The lowest BCUT2D eigenvalue weighted by Crippen LogP contribution is -2.27. The van der Waals surface area contributed by atoms with Crippen LogP contribution in [0.15, 0.2) is 40.0 Å². The van der Waals surface area contributed by atoms with E-state index in [1.165, 1.54) is 0 Å². The zero-order chi connectivity index (χ0) is 14.1. The minimum absolute atomic E-state index is 0.0647. The van der Waals surface area contributed by atoms with E-state index in [0.29, 0.717) is 6.42 Å². The molecule has 2 aromatic heterocycles. The van der Waals surface area contributed by atoms with Gasteiger partial charge in [0.1, 0.15) is 5.82 Å². The van der Waals surface area contributed by atoms with E-state index in [0.717, 1.165) is 11.1 Å². The van der Waals surface area contributed by atoms with E-state index in [2.05, 4.69) is 4.98 Å². The van der Waals surface area contributed by atoms with E-state index in [1.807, 2.05) is 29.0 Å². The quantitative estimate of drug-likeness (QED) is 0.842. The maximum absolute atomic E-state index is 12.0. The number of aliphatic hydroxyl groups is 1. The molecule has 0 saturated heterocycles. The fourth-order valence-electron chi connectivity index (χ4n) is 2.45. The van der Waals surface area contributed by atoms with Gasteiger partial charge >= 0.3 is 5.69 Å². The van der Waals surface area contributed by atoms with Gasteiger partial charge in [-0.2, -0.15) is 16.3 Å². The summed E-state index contributed by atoms with van der Waals surface area (Å²) in [5, 5.41) is 13.1. The maximum atomic E-state index is 12.0. The van der Waals surface area contributed by atoms with Crippen LogP contribution in [0.4, 0.5) is 5.82 Å². The Bertz CT molecular complexity index is 691. The standard InChI is InChI=1S/C14H15N3O2S/c15-13-12(10-3-4-20-8-10)6-17(14(19)16-13)11-2-1-9(5-11)7-18/h1-4,6,8-9,11,18H,5,7H2,(H2,15,16,19)/t9-,11+/m1/s1. The van der Waals surface area contributed by atoms with E-state index in [-0.39, 0.29) is 30.1 Å². The average Bonchev–Trinajstić information content (AvgIpc) is 3.09. The van der Waals surface area contributed by atoms with Gasteiger partial charge in [0.05, 0.1) is 6.04 Å². The molecule has 2 atom stereocenters. The fraction of sp³-hybridized carbons (Fsp3) is 0.286. The Kier molecular flexibility index (Phi) is 3.42. The zero-order valence-electron chi connectivity index (χ0n) is 10.8. The molecule has 0 aromatic carbocycles. The Labute approximate surface area is 120 Å². The Hall–Kier alpha value is -1.92. The average molecular weight is 289 g/mol. The molecule has 0 fully saturated rings. The van der Waals surface area contributed by atoms with Gasteiger partial charge in [0.15, 0.2) is 0 Å². The lowest BCUT2D eigenvalue weighted by atomic mass is 10.1. The summed E-state index contributed by atoms with van der Waals surface area (Å²) in [6.07, 6.45) is 6.36. The Balaban J connectivity index is 2.02. The largest absolute Gasteiger partial charge is 0.396 e. The molecule has 0 spiro atoms. The van der Waals surface area contributed by atoms with Gasteiger partial charge in [-0.1, -0.05) is 12.2 Å². The van der Waals surface area contributed by atoms with E-state index in [9.17, 15) is 9.90 Å². The van der Waals surface area contributed by atoms with Crippen molar-refractivity contribution in [1.82, 2.24) is 9.55 Å². The topological polar surface area (TPSA) is 81.1 Å². The van der Waals surface area contributed by atoms with Gasteiger partial charge in [-0.15, -0.1) is 0 Å². The highest BCUT2D eigenvalue weighted by Crippen LogP contribution is 2.30. The van der Waals surface area contributed by atoms with Gasteiger partial charge in [0.2, 0.25) is 0 Å². The van der Waals surface area contributed by atoms with Crippen LogP contribution in [0.2, 0.25) is 0 Å². The van der Waals surface area contributed by atoms with Gasteiger partial charge in [-0.25, -0.2) is 4.79 Å². The van der Waals surface area contributed by atoms with Crippen molar-refractivity contribution in [1.29, 1.82) is 0 Å². The number of thiophene rings is 1. The SMILES string of the molecule is Nc1nc(=O)n([C@H]2C=C[C@@H](CO)C2)cc1-c1ccsc1. The van der Waals surface area contributed by atoms with Crippen LogP contribution in [0.1, 0.15) is 12.5 Å². The second kappa shape index (κ2) is 5.22. The van der Waals surface area contributed by atoms with E-state index in [1.54, 1.807) is 22.1 Å². The molecule has 0 amide bonds. The predicted octanol–water partition coefficient (Wildman–Crippen LogP) is 1.66. The lowest BCUT2D eigenvalue weighted by Gasteiger charge is -2.15. The van der Waals surface area contributed by atoms with Crippen LogP contribution in [0.3, 0.4) is 0 Å². The van der Waals surface area contributed by atoms with Crippen molar-refractivity contribution in [2.24, 2.45) is 5.92 Å². The van der Waals surface area contributed by atoms with E-state index in [4.69, 9.17) is 5.73 Å². The number of rotatable bonds is 3. The van der Waals surface area contributed by atoms with Crippen LogP contribution in [-0.4, -0.2) is 21.3 Å². The molecule has 3 rings (SSSR count). The summed E-state index contributed by atoms with van der Waals surface area (Å²) >= 11 is 1.57. The van der Waals surface area contributed by atoms with Crippen molar-refractivity contribution in [3.63, 3.8) is 0 Å². The summed E-state index contributed by atoms with van der Waals surface area (Å²) in [5.74, 6) is 0.361. The van der Waals surface area contributed by atoms with Gasteiger partial charge in [0.25, 0.3) is 0 Å². The summed E-state index contributed by atoms with van der Waals surface area (Å²) in [4.78, 5) is 15.9. The molecule has 6 heteroatoms. The molecule has 2 aromatic rings. The molecular formula is C14H15N3O2S. The van der Waals surface area contributed by atoms with Crippen molar-refractivity contribution in [2.75, 3.05) is 12.3 Å². The monoisotopic (exact) mass is 289 g/mol. The van der Waals surface area contributed by atoms with Crippen molar-refractivity contribution in [3.05, 3.63) is 45.7 Å². The van der Waals surface area contributed by atoms with Crippen LogP contribution < -0.4 is 11.4 Å². The summed E-state index contributed by atoms with van der Waals surface area (Å²) < 4.78 is 1.59. The number of aliphatic hydroxyl groups excluding tert-OH is 1. The highest BCUT2D eigenvalue weighted by molar-refractivity contribution is 7.08. The minimum Gasteiger partial charge on any atom is -0.396 e. The third kappa shape index (κ3) is 2.28.